The Hall–Kier alpha value is -7.83. The smallest absolute Gasteiger partial charge is 0.251 e. The van der Waals surface area contributed by atoms with Gasteiger partial charge in [0.2, 0.25) is 0 Å². The predicted octanol–water partition coefficient (Wildman–Crippen LogP) is 15.1. The maximum Gasteiger partial charge on any atom is 0.251 e. The Morgan fingerprint density at radius 1 is 0.406 bits per heavy atom. The van der Waals surface area contributed by atoms with Gasteiger partial charge < -0.3 is 18.4 Å². The zero-order valence-corrected chi connectivity index (χ0v) is 39.8. The van der Waals surface area contributed by atoms with E-state index in [0.29, 0.717) is 17.8 Å². The summed E-state index contributed by atoms with van der Waals surface area (Å²) in [6, 6.07) is 64.5. The molecule has 1 aliphatic heterocycles. The monoisotopic (exact) mass is 895 g/mol. The van der Waals surface area contributed by atoms with Gasteiger partial charge in [0.25, 0.3) is 6.71 Å². The van der Waals surface area contributed by atoms with Crippen LogP contribution in [0.2, 0.25) is 0 Å². The third kappa shape index (κ3) is 6.07. The number of halogens is 1. The minimum absolute atomic E-state index is 0.0229. The van der Waals surface area contributed by atoms with Crippen molar-refractivity contribution in [1.82, 2.24) is 13.7 Å². The van der Waals surface area contributed by atoms with Gasteiger partial charge in [-0.05, 0) is 106 Å². The molecular formula is C63H51BFN3O. The highest BCUT2D eigenvalue weighted by atomic mass is 19.1. The molecule has 1 aliphatic rings. The van der Waals surface area contributed by atoms with Crippen LogP contribution in [0.5, 0.6) is 11.5 Å². The number of rotatable bonds is 7. The van der Waals surface area contributed by atoms with Crippen molar-refractivity contribution in [2.45, 2.75) is 59.3 Å². The predicted molar refractivity (Wildman–Crippen MR) is 289 cm³/mol. The lowest BCUT2D eigenvalue weighted by molar-refractivity contribution is 0.487. The molecule has 0 fully saturated rings. The second kappa shape index (κ2) is 15.6. The Morgan fingerprint density at radius 2 is 0.870 bits per heavy atom. The van der Waals surface area contributed by atoms with Gasteiger partial charge in [0.05, 0.1) is 33.1 Å². The fourth-order valence-corrected chi connectivity index (χ4v) is 11.9. The molecule has 334 valence electrons. The van der Waals surface area contributed by atoms with E-state index in [2.05, 4.69) is 213 Å². The zero-order chi connectivity index (χ0) is 46.8. The molecule has 6 heteroatoms. The Balaban J connectivity index is 1.20. The number of hydrogen-bond donors (Lipinski definition) is 0. The molecule has 0 spiro atoms. The van der Waals surface area contributed by atoms with E-state index in [4.69, 9.17) is 4.74 Å². The summed E-state index contributed by atoms with van der Waals surface area (Å²) < 4.78 is 29.9. The van der Waals surface area contributed by atoms with Crippen LogP contribution >= 0.6 is 0 Å². The first-order chi connectivity index (χ1) is 33.7. The van der Waals surface area contributed by atoms with Crippen molar-refractivity contribution in [1.29, 1.82) is 0 Å². The highest BCUT2D eigenvalue weighted by Crippen LogP contribution is 2.50. The lowest BCUT2D eigenvalue weighted by atomic mass is 9.34. The third-order valence-corrected chi connectivity index (χ3v) is 14.9. The summed E-state index contributed by atoms with van der Waals surface area (Å²) in [5.41, 5.74) is 17.2. The largest absolute Gasteiger partial charge is 0.458 e. The standard InChI is InChI=1S/C63H51BFN3O/c1-37(2)40-33-48(38(3)4)60(49(34-40)39(5)6)64-50-26-13-17-30-55(50)69-56-36-44(31-32-51(56)64)68-54-29-16-12-25-47(54)59-62-58(46-24-11-15-28-53(46)67(62)43-22-18-19-41(65)35-43)61-57(63(59)68)45-23-10-14-27-52(45)66(61)42-20-8-7-9-21-42/h7-39H,1-6H3. The normalized spacial score (nSPS) is 12.8. The molecule has 0 N–H and O–H groups in total. The molecule has 0 saturated heterocycles. The molecule has 0 atom stereocenters. The van der Waals surface area contributed by atoms with Crippen LogP contribution < -0.4 is 21.1 Å². The molecule has 0 amide bonds. The number of hydrogen-bond acceptors (Lipinski definition) is 1. The van der Waals surface area contributed by atoms with Gasteiger partial charge in [-0.15, -0.1) is 0 Å². The van der Waals surface area contributed by atoms with Gasteiger partial charge in [0.1, 0.15) is 17.3 Å². The van der Waals surface area contributed by atoms with Crippen LogP contribution in [0.4, 0.5) is 4.39 Å². The number of para-hydroxylation sites is 5. The topological polar surface area (TPSA) is 24.0 Å². The van der Waals surface area contributed by atoms with E-state index in [1.54, 1.807) is 6.07 Å². The number of benzene rings is 9. The molecule has 0 radical (unpaired) electrons. The summed E-state index contributed by atoms with van der Waals surface area (Å²) in [6.45, 7) is 13.9. The molecule has 0 saturated carbocycles. The van der Waals surface area contributed by atoms with Crippen molar-refractivity contribution in [2.24, 2.45) is 0 Å². The molecule has 12 aromatic rings. The van der Waals surface area contributed by atoms with E-state index in [-0.39, 0.29) is 12.5 Å². The van der Waals surface area contributed by atoms with Crippen LogP contribution in [0.25, 0.3) is 82.5 Å². The lowest BCUT2D eigenvalue weighted by Crippen LogP contribution is -2.57. The first kappa shape index (κ1) is 41.4. The van der Waals surface area contributed by atoms with E-state index in [1.807, 2.05) is 12.1 Å². The average molecular weight is 896 g/mol. The van der Waals surface area contributed by atoms with Crippen molar-refractivity contribution in [3.63, 3.8) is 0 Å². The summed E-state index contributed by atoms with van der Waals surface area (Å²) in [5, 5.41) is 6.77. The second-order valence-electron chi connectivity index (χ2n) is 19.9. The Morgan fingerprint density at radius 3 is 1.41 bits per heavy atom. The fourth-order valence-electron chi connectivity index (χ4n) is 11.9. The van der Waals surface area contributed by atoms with Crippen molar-refractivity contribution >= 4 is 88.5 Å². The molecule has 0 aliphatic carbocycles. The van der Waals surface area contributed by atoms with Crippen molar-refractivity contribution in [2.75, 3.05) is 0 Å². The molecule has 9 aromatic carbocycles. The number of nitrogens with zero attached hydrogens (tertiary/aromatic N) is 3. The molecular weight excluding hydrogens is 845 g/mol. The van der Waals surface area contributed by atoms with E-state index in [9.17, 15) is 0 Å². The van der Waals surface area contributed by atoms with Crippen LogP contribution in [-0.2, 0) is 0 Å². The summed E-state index contributed by atoms with van der Waals surface area (Å²) in [6.07, 6.45) is 0. The Kier molecular flexibility index (Phi) is 9.36. The van der Waals surface area contributed by atoms with E-state index >= 15 is 4.39 Å². The van der Waals surface area contributed by atoms with Crippen LogP contribution in [0, 0.1) is 5.82 Å². The summed E-state index contributed by atoms with van der Waals surface area (Å²) in [5.74, 6) is 2.54. The van der Waals surface area contributed by atoms with E-state index in [0.717, 1.165) is 94.0 Å². The van der Waals surface area contributed by atoms with Gasteiger partial charge >= 0.3 is 0 Å². The summed E-state index contributed by atoms with van der Waals surface area (Å²) >= 11 is 0. The minimum atomic E-state index is -0.276. The average Bonchev–Trinajstić information content (AvgIpc) is 4.01. The van der Waals surface area contributed by atoms with Gasteiger partial charge in [-0.2, -0.15) is 0 Å². The molecule has 13 rings (SSSR count). The van der Waals surface area contributed by atoms with E-state index < -0.39 is 0 Å². The summed E-state index contributed by atoms with van der Waals surface area (Å²) in [4.78, 5) is 0. The Labute approximate surface area is 401 Å². The minimum Gasteiger partial charge on any atom is -0.458 e. The van der Waals surface area contributed by atoms with Crippen LogP contribution in [0.1, 0.15) is 76.0 Å². The van der Waals surface area contributed by atoms with Crippen molar-refractivity contribution in [3.8, 4) is 28.6 Å². The van der Waals surface area contributed by atoms with Gasteiger partial charge in [0.15, 0.2) is 0 Å². The maximum atomic E-state index is 15.5. The first-order valence-corrected chi connectivity index (χ1v) is 24.5. The highest BCUT2D eigenvalue weighted by molar-refractivity contribution is 6.97. The van der Waals surface area contributed by atoms with Crippen molar-refractivity contribution < 1.29 is 9.13 Å². The Bertz CT molecular complexity index is 4030. The molecule has 0 unspecified atom stereocenters. The SMILES string of the molecule is CC(C)c1cc(C(C)C)c(B2c3ccccc3Oc3cc(-n4c5ccccc5c5c6c(c7ccccc7n6-c6cccc(F)c6)c6c(c7ccccc7n6-c6ccccc6)c54)ccc32)c(C(C)C)c1. The van der Waals surface area contributed by atoms with Gasteiger partial charge in [-0.1, -0.05) is 162 Å². The van der Waals surface area contributed by atoms with Gasteiger partial charge in [-0.3, -0.25) is 0 Å². The molecule has 4 heterocycles. The van der Waals surface area contributed by atoms with Crippen LogP contribution in [0.3, 0.4) is 0 Å². The number of ether oxygens (including phenoxy) is 1. The molecule has 0 bridgehead atoms. The van der Waals surface area contributed by atoms with Gasteiger partial charge in [0, 0.05) is 55.4 Å². The molecule has 3 aromatic heterocycles. The molecule has 4 nitrogen and oxygen atoms in total. The van der Waals surface area contributed by atoms with E-state index in [1.165, 1.54) is 39.1 Å². The quantitative estimate of drug-likeness (QED) is 0.146. The van der Waals surface area contributed by atoms with Gasteiger partial charge in [-0.25, -0.2) is 4.39 Å². The first-order valence-electron chi connectivity index (χ1n) is 24.5. The van der Waals surface area contributed by atoms with Crippen molar-refractivity contribution in [3.05, 3.63) is 204 Å². The second-order valence-corrected chi connectivity index (χ2v) is 19.9. The number of fused-ring (bicyclic) bond motifs is 14. The highest BCUT2D eigenvalue weighted by Gasteiger charge is 2.37. The number of aromatic nitrogens is 3. The van der Waals surface area contributed by atoms with Crippen LogP contribution in [0.15, 0.2) is 182 Å². The lowest BCUT2D eigenvalue weighted by Gasteiger charge is -2.32. The molecule has 69 heavy (non-hydrogen) atoms. The van der Waals surface area contributed by atoms with Crippen LogP contribution in [-0.4, -0.2) is 20.4 Å². The fraction of sp³-hybridized carbons (Fsp3) is 0.143. The zero-order valence-electron chi connectivity index (χ0n) is 39.8. The third-order valence-electron chi connectivity index (χ3n) is 14.9. The summed E-state index contributed by atoms with van der Waals surface area (Å²) in [7, 11) is 0. The maximum absolute atomic E-state index is 15.5.